The average molecular weight is 659 g/mol. The van der Waals surface area contributed by atoms with Crippen LogP contribution in [0.2, 0.25) is 0 Å². The van der Waals surface area contributed by atoms with Gasteiger partial charge >= 0.3 is 18.3 Å². The van der Waals surface area contributed by atoms with Crippen LogP contribution in [0.3, 0.4) is 0 Å². The van der Waals surface area contributed by atoms with Gasteiger partial charge in [0.1, 0.15) is 0 Å². The molecule has 0 spiro atoms. The smallest absolute Gasteiger partial charge is 0.416 e. The SMILES string of the molecule is CC(C)(C)C1CCC(N(Cc2ccc(C(=O)NCCC(=O)O)cc2)/C(=C\[N+](=O)[O-])Nc2cc(C(F)(F)F)cc(C(F)(F)F)c2)CC1. The van der Waals surface area contributed by atoms with Crippen molar-refractivity contribution < 1.29 is 46.0 Å². The van der Waals surface area contributed by atoms with E-state index in [4.69, 9.17) is 5.11 Å². The standard InChI is InChI=1S/C31H36F6N4O5/c1-29(2,3)21-8-10-25(11-9-21)40(17-19-4-6-20(7-5-19)28(44)38-13-12-27(42)43)26(18-41(45)46)39-24-15-22(30(32,33)34)14-23(16-24)31(35,36)37/h4-7,14-16,18,21,25,39H,8-13,17H2,1-3H3,(H,38,44)(H,42,43)/b26-18-. The summed E-state index contributed by atoms with van der Waals surface area (Å²) in [5.74, 6) is -1.57. The molecule has 0 aromatic heterocycles. The minimum Gasteiger partial charge on any atom is -0.481 e. The number of hydrogen-bond acceptors (Lipinski definition) is 6. The molecule has 2 aromatic rings. The molecule has 1 fully saturated rings. The molecular weight excluding hydrogens is 622 g/mol. The Morgan fingerprint density at radius 3 is 1.96 bits per heavy atom. The van der Waals surface area contributed by atoms with Crippen molar-refractivity contribution >= 4 is 17.6 Å². The zero-order valence-electron chi connectivity index (χ0n) is 25.5. The number of carbonyl (C=O) groups is 2. The zero-order chi connectivity index (χ0) is 34.4. The highest BCUT2D eigenvalue weighted by atomic mass is 19.4. The molecular formula is C31H36F6N4O5. The number of nitro groups is 1. The molecule has 0 radical (unpaired) electrons. The Balaban J connectivity index is 2.00. The normalized spacial score (nSPS) is 17.7. The first-order valence-corrected chi connectivity index (χ1v) is 14.5. The Kier molecular flexibility index (Phi) is 11.3. The van der Waals surface area contributed by atoms with Crippen molar-refractivity contribution in [3.05, 3.63) is 86.9 Å². The molecule has 1 aliphatic rings. The number of alkyl halides is 6. The van der Waals surface area contributed by atoms with Crippen LogP contribution in [-0.4, -0.2) is 39.4 Å². The number of rotatable bonds is 11. The monoisotopic (exact) mass is 658 g/mol. The predicted octanol–water partition coefficient (Wildman–Crippen LogP) is 7.52. The molecule has 0 heterocycles. The minimum absolute atomic E-state index is 0.0134. The lowest BCUT2D eigenvalue weighted by molar-refractivity contribution is -0.404. The van der Waals surface area contributed by atoms with Crippen molar-refractivity contribution in [3.63, 3.8) is 0 Å². The summed E-state index contributed by atoms with van der Waals surface area (Å²) in [4.78, 5) is 35.6. The van der Waals surface area contributed by atoms with Gasteiger partial charge in [-0.25, -0.2) is 0 Å². The number of benzene rings is 2. The van der Waals surface area contributed by atoms with Crippen LogP contribution in [0, 0.1) is 21.4 Å². The van der Waals surface area contributed by atoms with E-state index >= 15 is 0 Å². The fourth-order valence-electron chi connectivity index (χ4n) is 5.46. The van der Waals surface area contributed by atoms with E-state index in [0.29, 0.717) is 42.7 Å². The van der Waals surface area contributed by atoms with Gasteiger partial charge < -0.3 is 20.6 Å². The molecule has 0 aliphatic heterocycles. The summed E-state index contributed by atoms with van der Waals surface area (Å²) in [7, 11) is 0. The van der Waals surface area contributed by atoms with E-state index in [0.717, 1.165) is 12.8 Å². The molecule has 1 amide bonds. The van der Waals surface area contributed by atoms with Gasteiger partial charge in [0.25, 0.3) is 12.1 Å². The first kappa shape index (κ1) is 36.2. The molecule has 1 aliphatic carbocycles. The van der Waals surface area contributed by atoms with Crippen molar-refractivity contribution in [2.75, 3.05) is 11.9 Å². The van der Waals surface area contributed by atoms with Crippen molar-refractivity contribution in [3.8, 4) is 0 Å². The molecule has 15 heteroatoms. The average Bonchev–Trinajstić information content (AvgIpc) is 2.94. The van der Waals surface area contributed by atoms with Crippen LogP contribution in [0.25, 0.3) is 0 Å². The number of hydrogen-bond donors (Lipinski definition) is 3. The lowest BCUT2D eigenvalue weighted by atomic mass is 9.71. The van der Waals surface area contributed by atoms with Gasteiger partial charge in [0.05, 0.1) is 22.5 Å². The maximum absolute atomic E-state index is 13.6. The Morgan fingerprint density at radius 1 is 0.957 bits per heavy atom. The summed E-state index contributed by atoms with van der Waals surface area (Å²) >= 11 is 0. The summed E-state index contributed by atoms with van der Waals surface area (Å²) in [5.41, 5.74) is -3.01. The molecule has 0 atom stereocenters. The molecule has 252 valence electrons. The summed E-state index contributed by atoms with van der Waals surface area (Å²) in [6.45, 7) is 6.18. The van der Waals surface area contributed by atoms with Crippen LogP contribution < -0.4 is 10.6 Å². The van der Waals surface area contributed by atoms with Crippen molar-refractivity contribution in [2.45, 2.75) is 77.8 Å². The number of aliphatic carboxylic acids is 1. The van der Waals surface area contributed by atoms with E-state index in [1.54, 1.807) is 17.0 Å². The van der Waals surface area contributed by atoms with E-state index in [-0.39, 0.29) is 48.4 Å². The highest BCUT2D eigenvalue weighted by molar-refractivity contribution is 5.94. The number of carbonyl (C=O) groups excluding carboxylic acids is 1. The van der Waals surface area contributed by atoms with Gasteiger partial charge in [-0.1, -0.05) is 32.9 Å². The lowest BCUT2D eigenvalue weighted by Crippen LogP contribution is -2.41. The first-order chi connectivity index (χ1) is 21.2. The molecule has 9 nitrogen and oxygen atoms in total. The number of amides is 1. The second kappa shape index (κ2) is 14.4. The molecule has 2 aromatic carbocycles. The maximum Gasteiger partial charge on any atom is 0.416 e. The first-order valence-electron chi connectivity index (χ1n) is 14.5. The Bertz CT molecular complexity index is 1390. The molecule has 46 heavy (non-hydrogen) atoms. The van der Waals surface area contributed by atoms with E-state index in [1.807, 2.05) is 0 Å². The second-order valence-corrected chi connectivity index (χ2v) is 12.3. The van der Waals surface area contributed by atoms with Crippen LogP contribution >= 0.6 is 0 Å². The van der Waals surface area contributed by atoms with E-state index < -0.39 is 46.0 Å². The molecule has 1 saturated carbocycles. The fourth-order valence-corrected chi connectivity index (χ4v) is 5.46. The summed E-state index contributed by atoms with van der Waals surface area (Å²) in [5, 5.41) is 25.5. The van der Waals surface area contributed by atoms with Gasteiger partial charge in [-0.3, -0.25) is 19.7 Å². The number of nitrogens with zero attached hydrogens (tertiary/aromatic N) is 2. The van der Waals surface area contributed by atoms with Crippen molar-refractivity contribution in [1.29, 1.82) is 0 Å². The number of anilines is 1. The third-order valence-electron chi connectivity index (χ3n) is 7.95. The van der Waals surface area contributed by atoms with Crippen molar-refractivity contribution in [1.82, 2.24) is 10.2 Å². The quantitative estimate of drug-likeness (QED) is 0.130. The molecule has 0 bridgehead atoms. The highest BCUT2D eigenvalue weighted by Gasteiger charge is 2.38. The lowest BCUT2D eigenvalue weighted by Gasteiger charge is -2.42. The number of nitrogens with one attached hydrogen (secondary N) is 2. The molecule has 3 rings (SSSR count). The summed E-state index contributed by atoms with van der Waals surface area (Å²) < 4.78 is 81.4. The van der Waals surface area contributed by atoms with Crippen molar-refractivity contribution in [2.24, 2.45) is 11.3 Å². The van der Waals surface area contributed by atoms with E-state index in [1.165, 1.54) is 12.1 Å². The minimum atomic E-state index is -5.11. The van der Waals surface area contributed by atoms with Gasteiger partial charge in [-0.15, -0.1) is 0 Å². The van der Waals surface area contributed by atoms with Gasteiger partial charge in [-0.2, -0.15) is 26.3 Å². The molecule has 0 saturated heterocycles. The highest BCUT2D eigenvalue weighted by Crippen LogP contribution is 2.41. The second-order valence-electron chi connectivity index (χ2n) is 12.3. The van der Waals surface area contributed by atoms with Gasteiger partial charge in [-0.05, 0) is 72.9 Å². The maximum atomic E-state index is 13.6. The Morgan fingerprint density at radius 2 is 1.50 bits per heavy atom. The van der Waals surface area contributed by atoms with Crippen LogP contribution in [0.1, 0.15) is 79.9 Å². The largest absolute Gasteiger partial charge is 0.481 e. The Labute approximate surface area is 261 Å². The molecule has 0 unspecified atom stereocenters. The predicted molar refractivity (Wildman–Crippen MR) is 157 cm³/mol. The third-order valence-corrected chi connectivity index (χ3v) is 7.95. The van der Waals surface area contributed by atoms with Crippen LogP contribution in [-0.2, 0) is 23.7 Å². The van der Waals surface area contributed by atoms with Gasteiger partial charge in [0, 0.05) is 30.4 Å². The summed E-state index contributed by atoms with van der Waals surface area (Å²) in [6, 6.07) is 6.62. The van der Waals surface area contributed by atoms with E-state index in [2.05, 4.69) is 31.4 Å². The topological polar surface area (TPSA) is 125 Å². The zero-order valence-corrected chi connectivity index (χ0v) is 25.5. The third kappa shape index (κ3) is 10.4. The number of carboxylic acid groups (broad SMARTS) is 1. The van der Waals surface area contributed by atoms with Crippen LogP contribution in [0.15, 0.2) is 54.5 Å². The van der Waals surface area contributed by atoms with Gasteiger partial charge in [0.15, 0.2) is 5.82 Å². The Hall–Kier alpha value is -4.30. The van der Waals surface area contributed by atoms with E-state index in [9.17, 15) is 46.0 Å². The summed E-state index contributed by atoms with van der Waals surface area (Å²) in [6.07, 6.45) is -7.38. The molecule has 3 N–H and O–H groups in total. The van der Waals surface area contributed by atoms with Crippen LogP contribution in [0.5, 0.6) is 0 Å². The number of halogens is 6. The van der Waals surface area contributed by atoms with Crippen LogP contribution in [0.4, 0.5) is 32.0 Å². The fraction of sp³-hybridized carbons (Fsp3) is 0.484. The number of carboxylic acids is 1. The van der Waals surface area contributed by atoms with Gasteiger partial charge in [0.2, 0.25) is 0 Å².